The van der Waals surface area contributed by atoms with E-state index in [0.29, 0.717) is 6.04 Å². The Balaban J connectivity index is 2.18. The lowest BCUT2D eigenvalue weighted by atomic mass is 10.2. The number of ether oxygens (including phenoxy) is 1. The van der Waals surface area contributed by atoms with E-state index in [4.69, 9.17) is 4.74 Å². The summed E-state index contributed by atoms with van der Waals surface area (Å²) in [7, 11) is 0. The summed E-state index contributed by atoms with van der Waals surface area (Å²) in [6.07, 6.45) is 8.48. The van der Waals surface area contributed by atoms with Gasteiger partial charge in [-0.3, -0.25) is 4.90 Å². The largest absolute Gasteiger partial charge is 0.379 e. The average Bonchev–Trinajstić information content (AvgIpc) is 2.25. The van der Waals surface area contributed by atoms with Crippen LogP contribution in [0.3, 0.4) is 0 Å². The Morgan fingerprint density at radius 3 is 2.71 bits per heavy atom. The summed E-state index contributed by atoms with van der Waals surface area (Å²) in [6.45, 7) is 8.46. The molecule has 0 N–H and O–H groups in total. The molecule has 1 aliphatic heterocycles. The molecule has 1 saturated heterocycles. The smallest absolute Gasteiger partial charge is 0.0594 e. The molecule has 0 aromatic carbocycles. The van der Waals surface area contributed by atoms with E-state index in [9.17, 15) is 0 Å². The third kappa shape index (κ3) is 4.25. The summed E-state index contributed by atoms with van der Waals surface area (Å²) in [5.41, 5.74) is 0. The second-order valence-corrected chi connectivity index (χ2v) is 3.96. The van der Waals surface area contributed by atoms with Crippen LogP contribution in [0.2, 0.25) is 0 Å². The first-order valence-corrected chi connectivity index (χ1v) is 5.83. The minimum absolute atomic E-state index is 0.579. The lowest BCUT2D eigenvalue weighted by Crippen LogP contribution is -2.41. The fourth-order valence-corrected chi connectivity index (χ4v) is 1.72. The minimum atomic E-state index is 0.579. The van der Waals surface area contributed by atoms with Gasteiger partial charge in [0.05, 0.1) is 13.2 Å². The summed E-state index contributed by atoms with van der Waals surface area (Å²) in [5, 5.41) is 0. The van der Waals surface area contributed by atoms with Crippen LogP contribution in [0.4, 0.5) is 0 Å². The molecular formula is C12H23NO. The van der Waals surface area contributed by atoms with Crippen molar-refractivity contribution in [2.75, 3.05) is 26.3 Å². The predicted molar refractivity (Wildman–Crippen MR) is 60.5 cm³/mol. The van der Waals surface area contributed by atoms with Gasteiger partial charge in [0.25, 0.3) is 0 Å². The fourth-order valence-electron chi connectivity index (χ4n) is 1.72. The maximum absolute atomic E-state index is 5.33. The number of hydrogen-bond acceptors (Lipinski definition) is 2. The molecule has 0 aliphatic carbocycles. The third-order valence-electron chi connectivity index (χ3n) is 2.76. The van der Waals surface area contributed by atoms with Crippen LogP contribution in [0.15, 0.2) is 12.2 Å². The zero-order valence-electron chi connectivity index (χ0n) is 9.54. The molecule has 1 rings (SSSR count). The van der Waals surface area contributed by atoms with Crippen molar-refractivity contribution in [1.29, 1.82) is 0 Å². The van der Waals surface area contributed by atoms with Crippen molar-refractivity contribution in [3.05, 3.63) is 12.2 Å². The van der Waals surface area contributed by atoms with Gasteiger partial charge >= 0.3 is 0 Å². The first-order chi connectivity index (χ1) is 6.84. The standard InChI is InChI=1S/C12H23NO/c1-3-4-5-6-7-12(2)13-8-10-14-11-9-13/h6-7,12H,3-5,8-11H2,1-2H3/b7-6+. The maximum atomic E-state index is 5.33. The first kappa shape index (κ1) is 11.7. The maximum Gasteiger partial charge on any atom is 0.0594 e. The van der Waals surface area contributed by atoms with Crippen LogP contribution in [0.1, 0.15) is 33.1 Å². The topological polar surface area (TPSA) is 12.5 Å². The summed E-state index contributed by atoms with van der Waals surface area (Å²) >= 11 is 0. The summed E-state index contributed by atoms with van der Waals surface area (Å²) in [6, 6.07) is 0.579. The molecular weight excluding hydrogens is 174 g/mol. The number of rotatable bonds is 5. The highest BCUT2D eigenvalue weighted by Crippen LogP contribution is 2.05. The van der Waals surface area contributed by atoms with Gasteiger partial charge in [0.2, 0.25) is 0 Å². The van der Waals surface area contributed by atoms with Crippen molar-refractivity contribution >= 4 is 0 Å². The molecule has 2 nitrogen and oxygen atoms in total. The van der Waals surface area contributed by atoms with E-state index in [1.807, 2.05) is 0 Å². The Kier molecular flexibility index (Phi) is 5.88. The van der Waals surface area contributed by atoms with Crippen LogP contribution in [0.25, 0.3) is 0 Å². The summed E-state index contributed by atoms with van der Waals surface area (Å²) in [4.78, 5) is 2.48. The first-order valence-electron chi connectivity index (χ1n) is 5.83. The number of nitrogens with zero attached hydrogens (tertiary/aromatic N) is 1. The van der Waals surface area contributed by atoms with E-state index in [-0.39, 0.29) is 0 Å². The molecule has 0 spiro atoms. The van der Waals surface area contributed by atoms with Crippen LogP contribution >= 0.6 is 0 Å². The normalized spacial score (nSPS) is 21.6. The highest BCUT2D eigenvalue weighted by atomic mass is 16.5. The summed E-state index contributed by atoms with van der Waals surface area (Å²) < 4.78 is 5.33. The molecule has 1 unspecified atom stereocenters. The van der Waals surface area contributed by atoms with Gasteiger partial charge in [-0.1, -0.05) is 31.9 Å². The Hall–Kier alpha value is -0.340. The molecule has 2 heteroatoms. The SMILES string of the molecule is CCCC/C=C/C(C)N1CCOCC1. The Labute approximate surface area is 87.9 Å². The average molecular weight is 197 g/mol. The second-order valence-electron chi connectivity index (χ2n) is 3.96. The molecule has 1 atom stereocenters. The third-order valence-corrected chi connectivity index (χ3v) is 2.76. The predicted octanol–water partition coefficient (Wildman–Crippen LogP) is 2.45. The van der Waals surface area contributed by atoms with Crippen molar-refractivity contribution < 1.29 is 4.74 Å². The highest BCUT2D eigenvalue weighted by molar-refractivity contribution is 4.92. The lowest BCUT2D eigenvalue weighted by molar-refractivity contribution is 0.0286. The van der Waals surface area contributed by atoms with E-state index in [1.54, 1.807) is 0 Å². The van der Waals surface area contributed by atoms with Crippen molar-refractivity contribution in [3.8, 4) is 0 Å². The van der Waals surface area contributed by atoms with Gasteiger partial charge < -0.3 is 4.74 Å². The van der Waals surface area contributed by atoms with Crippen molar-refractivity contribution in [3.63, 3.8) is 0 Å². The lowest BCUT2D eigenvalue weighted by Gasteiger charge is -2.30. The van der Waals surface area contributed by atoms with Gasteiger partial charge in [-0.25, -0.2) is 0 Å². The van der Waals surface area contributed by atoms with E-state index < -0.39 is 0 Å². The molecule has 0 amide bonds. The second kappa shape index (κ2) is 7.02. The molecule has 14 heavy (non-hydrogen) atoms. The molecule has 0 aromatic heterocycles. The van der Waals surface area contributed by atoms with Crippen molar-refractivity contribution in [2.45, 2.75) is 39.2 Å². The fraction of sp³-hybridized carbons (Fsp3) is 0.833. The Morgan fingerprint density at radius 2 is 2.07 bits per heavy atom. The Morgan fingerprint density at radius 1 is 1.36 bits per heavy atom. The van der Waals surface area contributed by atoms with Gasteiger partial charge in [0.15, 0.2) is 0 Å². The number of hydrogen-bond donors (Lipinski definition) is 0. The quantitative estimate of drug-likeness (QED) is 0.496. The van der Waals surface area contributed by atoms with Gasteiger partial charge in [-0.05, 0) is 13.3 Å². The monoisotopic (exact) mass is 197 g/mol. The molecule has 1 heterocycles. The van der Waals surface area contributed by atoms with Gasteiger partial charge in [-0.15, -0.1) is 0 Å². The number of allylic oxidation sites excluding steroid dienone is 1. The van der Waals surface area contributed by atoms with Crippen molar-refractivity contribution in [1.82, 2.24) is 4.90 Å². The van der Waals surface area contributed by atoms with Crippen molar-refractivity contribution in [2.24, 2.45) is 0 Å². The molecule has 0 radical (unpaired) electrons. The van der Waals surface area contributed by atoms with Crippen LogP contribution in [-0.2, 0) is 4.74 Å². The van der Waals surface area contributed by atoms with E-state index >= 15 is 0 Å². The summed E-state index contributed by atoms with van der Waals surface area (Å²) in [5.74, 6) is 0. The molecule has 1 aliphatic rings. The molecule has 0 aromatic rings. The van der Waals surface area contributed by atoms with Crippen LogP contribution in [0, 0.1) is 0 Å². The Bertz CT molecular complexity index is 162. The van der Waals surface area contributed by atoms with Crippen LogP contribution in [0.5, 0.6) is 0 Å². The van der Waals surface area contributed by atoms with Gasteiger partial charge in [0, 0.05) is 19.1 Å². The number of morpholine rings is 1. The molecule has 0 bridgehead atoms. The van der Waals surface area contributed by atoms with Gasteiger partial charge in [0.1, 0.15) is 0 Å². The molecule has 0 saturated carbocycles. The minimum Gasteiger partial charge on any atom is -0.379 e. The van der Waals surface area contributed by atoms with E-state index in [2.05, 4.69) is 30.9 Å². The van der Waals surface area contributed by atoms with Gasteiger partial charge in [-0.2, -0.15) is 0 Å². The zero-order valence-corrected chi connectivity index (χ0v) is 9.54. The van der Waals surface area contributed by atoms with E-state index in [1.165, 1.54) is 19.3 Å². The zero-order chi connectivity index (χ0) is 10.2. The number of unbranched alkanes of at least 4 members (excludes halogenated alkanes) is 2. The van der Waals surface area contributed by atoms with Crippen LogP contribution < -0.4 is 0 Å². The highest BCUT2D eigenvalue weighted by Gasteiger charge is 2.13. The van der Waals surface area contributed by atoms with Crippen LogP contribution in [-0.4, -0.2) is 37.2 Å². The van der Waals surface area contributed by atoms with E-state index in [0.717, 1.165) is 26.3 Å². The molecule has 82 valence electrons. The molecule has 1 fully saturated rings.